The number of aromatic nitrogens is 2. The second-order valence-corrected chi connectivity index (χ2v) is 8.67. The first-order chi connectivity index (χ1) is 15.6. The zero-order chi connectivity index (χ0) is 22.5. The molecule has 0 bridgehead atoms. The van der Waals surface area contributed by atoms with Gasteiger partial charge in [0.05, 0.1) is 16.7 Å². The van der Waals surface area contributed by atoms with Gasteiger partial charge in [0, 0.05) is 30.9 Å². The number of piperidine rings is 1. The number of benzene rings is 2. The molecule has 8 heteroatoms. The lowest BCUT2D eigenvalue weighted by Crippen LogP contribution is -2.35. The van der Waals surface area contributed by atoms with Crippen molar-refractivity contribution in [2.45, 2.75) is 37.9 Å². The van der Waals surface area contributed by atoms with Gasteiger partial charge in [0.1, 0.15) is 0 Å². The Hall–Kier alpha value is -3.13. The largest absolute Gasteiger partial charge is 0.339 e. The van der Waals surface area contributed by atoms with Crippen molar-refractivity contribution in [2.24, 2.45) is 0 Å². The number of carbonyl (C=O) groups is 2. The summed E-state index contributed by atoms with van der Waals surface area (Å²) in [5.41, 5.74) is 1.78. The molecule has 1 aliphatic heterocycles. The molecule has 7 nitrogen and oxygen atoms in total. The Morgan fingerprint density at radius 2 is 1.75 bits per heavy atom. The number of rotatable bonds is 6. The molecule has 0 aliphatic carbocycles. The molecule has 0 spiro atoms. The molecule has 0 saturated carbocycles. The van der Waals surface area contributed by atoms with Crippen LogP contribution in [0.4, 0.5) is 5.69 Å². The lowest BCUT2D eigenvalue weighted by atomic mass is 10.1. The van der Waals surface area contributed by atoms with E-state index in [1.807, 2.05) is 24.0 Å². The number of likely N-dealkylation sites (tertiary alicyclic amines) is 1. The molecule has 1 fully saturated rings. The highest BCUT2D eigenvalue weighted by Gasteiger charge is 2.18. The molecule has 4 rings (SSSR count). The highest BCUT2D eigenvalue weighted by atomic mass is 32.2. The van der Waals surface area contributed by atoms with E-state index in [4.69, 9.17) is 0 Å². The number of fused-ring (bicyclic) bond motifs is 1. The van der Waals surface area contributed by atoms with Crippen molar-refractivity contribution in [3.63, 3.8) is 0 Å². The highest BCUT2D eigenvalue weighted by molar-refractivity contribution is 7.99. The lowest BCUT2D eigenvalue weighted by molar-refractivity contribution is -0.113. The molecule has 1 aliphatic rings. The van der Waals surface area contributed by atoms with E-state index in [0.717, 1.165) is 25.9 Å². The Bertz CT molecular complexity index is 1180. The van der Waals surface area contributed by atoms with Crippen LogP contribution in [0.1, 0.15) is 36.5 Å². The van der Waals surface area contributed by atoms with Gasteiger partial charge in [-0.2, -0.15) is 0 Å². The first-order valence-corrected chi connectivity index (χ1v) is 11.9. The van der Waals surface area contributed by atoms with Gasteiger partial charge in [0.25, 0.3) is 11.5 Å². The molecule has 2 amide bonds. The van der Waals surface area contributed by atoms with Crippen molar-refractivity contribution >= 4 is 40.2 Å². The van der Waals surface area contributed by atoms with Crippen LogP contribution in [0.5, 0.6) is 0 Å². The third-order valence-electron chi connectivity index (χ3n) is 5.53. The molecule has 2 aromatic carbocycles. The molecule has 32 heavy (non-hydrogen) atoms. The number of nitrogens with one attached hydrogen (secondary N) is 1. The van der Waals surface area contributed by atoms with E-state index in [2.05, 4.69) is 10.3 Å². The quantitative estimate of drug-likeness (QED) is 0.456. The van der Waals surface area contributed by atoms with Crippen molar-refractivity contribution in [3.05, 3.63) is 64.4 Å². The zero-order valence-corrected chi connectivity index (χ0v) is 18.9. The fourth-order valence-corrected chi connectivity index (χ4v) is 4.70. The van der Waals surface area contributed by atoms with Crippen LogP contribution in [0.25, 0.3) is 10.9 Å². The number of hydrogen-bond donors (Lipinski definition) is 1. The van der Waals surface area contributed by atoms with E-state index in [1.54, 1.807) is 41.0 Å². The van der Waals surface area contributed by atoms with E-state index in [9.17, 15) is 14.4 Å². The maximum absolute atomic E-state index is 12.7. The van der Waals surface area contributed by atoms with Crippen LogP contribution in [0, 0.1) is 0 Å². The minimum absolute atomic E-state index is 0.0399. The van der Waals surface area contributed by atoms with Gasteiger partial charge in [0.2, 0.25) is 5.91 Å². The third-order valence-corrected chi connectivity index (χ3v) is 6.51. The van der Waals surface area contributed by atoms with Crippen molar-refractivity contribution in [1.82, 2.24) is 14.5 Å². The van der Waals surface area contributed by atoms with Crippen LogP contribution in [-0.4, -0.2) is 45.1 Å². The summed E-state index contributed by atoms with van der Waals surface area (Å²) in [4.78, 5) is 44.2. The van der Waals surface area contributed by atoms with Gasteiger partial charge in [-0.25, -0.2) is 4.98 Å². The summed E-state index contributed by atoms with van der Waals surface area (Å²) in [6, 6.07) is 14.2. The Morgan fingerprint density at radius 3 is 2.47 bits per heavy atom. The van der Waals surface area contributed by atoms with Crippen molar-refractivity contribution < 1.29 is 9.59 Å². The van der Waals surface area contributed by atoms with Gasteiger partial charge in [0.15, 0.2) is 5.16 Å². The predicted molar refractivity (Wildman–Crippen MR) is 127 cm³/mol. The SMILES string of the molecule is CCn1c(SCC(=O)Nc2ccc(C(=O)N3CCCCC3)cc2)nc2ccccc2c1=O. The number of carbonyl (C=O) groups excluding carboxylic acids is 2. The Balaban J connectivity index is 1.39. The summed E-state index contributed by atoms with van der Waals surface area (Å²) in [7, 11) is 0. The summed E-state index contributed by atoms with van der Waals surface area (Å²) in [5.74, 6) is -0.0348. The predicted octanol–water partition coefficient (Wildman–Crippen LogP) is 3.77. The van der Waals surface area contributed by atoms with E-state index in [1.165, 1.54) is 18.2 Å². The monoisotopic (exact) mass is 450 g/mol. The average Bonchev–Trinajstić information content (AvgIpc) is 2.83. The number of hydrogen-bond acceptors (Lipinski definition) is 5. The maximum atomic E-state index is 12.7. The molecule has 0 unspecified atom stereocenters. The molecule has 1 N–H and O–H groups in total. The lowest BCUT2D eigenvalue weighted by Gasteiger charge is -2.26. The summed E-state index contributed by atoms with van der Waals surface area (Å²) in [5, 5.41) is 3.94. The van der Waals surface area contributed by atoms with Crippen LogP contribution < -0.4 is 10.9 Å². The number of nitrogens with zero attached hydrogens (tertiary/aromatic N) is 3. The molecule has 2 heterocycles. The maximum Gasteiger partial charge on any atom is 0.262 e. The smallest absolute Gasteiger partial charge is 0.262 e. The van der Waals surface area contributed by atoms with Crippen molar-refractivity contribution in [3.8, 4) is 0 Å². The highest BCUT2D eigenvalue weighted by Crippen LogP contribution is 2.19. The number of para-hydroxylation sites is 1. The van der Waals surface area contributed by atoms with E-state index >= 15 is 0 Å². The first-order valence-electron chi connectivity index (χ1n) is 10.9. The van der Waals surface area contributed by atoms with Gasteiger partial charge < -0.3 is 10.2 Å². The van der Waals surface area contributed by atoms with Gasteiger partial charge in [-0.1, -0.05) is 23.9 Å². The molecule has 166 valence electrons. The van der Waals surface area contributed by atoms with E-state index in [0.29, 0.717) is 33.9 Å². The van der Waals surface area contributed by atoms with Crippen LogP contribution in [0.2, 0.25) is 0 Å². The summed E-state index contributed by atoms with van der Waals surface area (Å²) >= 11 is 1.23. The number of thioether (sulfide) groups is 1. The Labute approximate surface area is 190 Å². The summed E-state index contributed by atoms with van der Waals surface area (Å²) < 4.78 is 1.58. The van der Waals surface area contributed by atoms with Gasteiger partial charge >= 0.3 is 0 Å². The Kier molecular flexibility index (Phi) is 6.90. The molecular weight excluding hydrogens is 424 g/mol. The standard InChI is InChI=1S/C24H26N4O3S/c1-2-28-23(31)19-8-4-5-9-20(19)26-24(28)32-16-21(29)25-18-12-10-17(11-13-18)22(30)27-14-6-3-7-15-27/h4-5,8-13H,2-3,6-7,14-16H2,1H3,(H,25,29). The number of amides is 2. The van der Waals surface area contributed by atoms with Crippen LogP contribution in [-0.2, 0) is 11.3 Å². The molecule has 0 radical (unpaired) electrons. The Morgan fingerprint density at radius 1 is 1.03 bits per heavy atom. The van der Waals surface area contributed by atoms with Gasteiger partial charge in [-0.05, 0) is 62.6 Å². The minimum atomic E-state index is -0.199. The average molecular weight is 451 g/mol. The van der Waals surface area contributed by atoms with Gasteiger partial charge in [-0.15, -0.1) is 0 Å². The van der Waals surface area contributed by atoms with Gasteiger partial charge in [-0.3, -0.25) is 19.0 Å². The van der Waals surface area contributed by atoms with Crippen LogP contribution >= 0.6 is 11.8 Å². The molecule has 1 saturated heterocycles. The normalized spacial score (nSPS) is 13.8. The second-order valence-electron chi connectivity index (χ2n) is 7.73. The molecule has 1 aromatic heterocycles. The fraction of sp³-hybridized carbons (Fsp3) is 0.333. The first kappa shape index (κ1) is 22.1. The minimum Gasteiger partial charge on any atom is -0.339 e. The van der Waals surface area contributed by atoms with Crippen molar-refractivity contribution in [1.29, 1.82) is 0 Å². The third kappa shape index (κ3) is 4.85. The molecule has 3 aromatic rings. The van der Waals surface area contributed by atoms with E-state index < -0.39 is 0 Å². The topological polar surface area (TPSA) is 84.3 Å². The zero-order valence-electron chi connectivity index (χ0n) is 18.0. The van der Waals surface area contributed by atoms with Crippen LogP contribution in [0.15, 0.2) is 58.5 Å². The van der Waals surface area contributed by atoms with Crippen LogP contribution in [0.3, 0.4) is 0 Å². The van der Waals surface area contributed by atoms with Crippen molar-refractivity contribution in [2.75, 3.05) is 24.2 Å². The molecular formula is C24H26N4O3S. The number of anilines is 1. The summed E-state index contributed by atoms with van der Waals surface area (Å²) in [6.45, 7) is 3.97. The second kappa shape index (κ2) is 9.99. The summed E-state index contributed by atoms with van der Waals surface area (Å²) in [6.07, 6.45) is 3.28. The fourth-order valence-electron chi connectivity index (χ4n) is 3.84. The molecule has 0 atom stereocenters. The van der Waals surface area contributed by atoms with E-state index in [-0.39, 0.29) is 23.1 Å².